The predicted octanol–water partition coefficient (Wildman–Crippen LogP) is 3.51. The van der Waals surface area contributed by atoms with E-state index in [0.717, 1.165) is 15.4 Å². The molecule has 0 aliphatic heterocycles. The van der Waals surface area contributed by atoms with Gasteiger partial charge in [-0.3, -0.25) is 4.79 Å². The molecular formula is C12H11BrFNOS. The lowest BCUT2D eigenvalue weighted by Crippen LogP contribution is -2.27. The van der Waals surface area contributed by atoms with Gasteiger partial charge in [0, 0.05) is 23.6 Å². The van der Waals surface area contributed by atoms with E-state index in [0.29, 0.717) is 11.4 Å². The van der Waals surface area contributed by atoms with Gasteiger partial charge in [-0.05, 0) is 23.6 Å². The second-order valence-corrected chi connectivity index (χ2v) is 5.59. The smallest absolute Gasteiger partial charge is 0.263 e. The minimum absolute atomic E-state index is 0.0222. The van der Waals surface area contributed by atoms with Crippen LogP contribution in [-0.2, 0) is 0 Å². The van der Waals surface area contributed by atoms with Crippen molar-refractivity contribution in [2.45, 2.75) is 0 Å². The van der Waals surface area contributed by atoms with E-state index in [4.69, 9.17) is 0 Å². The van der Waals surface area contributed by atoms with Crippen LogP contribution >= 0.6 is 27.3 Å². The third-order valence-electron chi connectivity index (χ3n) is 2.46. The average Bonchev–Trinajstić information content (AvgIpc) is 2.71. The van der Waals surface area contributed by atoms with Gasteiger partial charge < -0.3 is 4.90 Å². The predicted molar refractivity (Wildman–Crippen MR) is 72.5 cm³/mol. The summed E-state index contributed by atoms with van der Waals surface area (Å²) in [5.74, 6) is -0.293. The van der Waals surface area contributed by atoms with Crippen molar-refractivity contribution in [1.29, 1.82) is 0 Å². The lowest BCUT2D eigenvalue weighted by atomic mass is 10.2. The molecule has 0 N–H and O–H groups in total. The number of hydrogen-bond acceptors (Lipinski definition) is 2. The Labute approximate surface area is 111 Å². The minimum atomic E-state index is -0.271. The molecule has 0 saturated carbocycles. The summed E-state index contributed by atoms with van der Waals surface area (Å²) in [7, 11) is 1.76. The normalized spacial score (nSPS) is 10.8. The number of nitrogens with zero attached hydrogens (tertiary/aromatic N) is 1. The highest BCUT2D eigenvalue weighted by molar-refractivity contribution is 9.09. The van der Waals surface area contributed by atoms with Crippen LogP contribution in [0.2, 0.25) is 0 Å². The Morgan fingerprint density at radius 1 is 1.47 bits per heavy atom. The zero-order chi connectivity index (χ0) is 12.4. The van der Waals surface area contributed by atoms with Gasteiger partial charge in [0.25, 0.3) is 5.91 Å². The van der Waals surface area contributed by atoms with Crippen LogP contribution in [0, 0.1) is 5.82 Å². The van der Waals surface area contributed by atoms with Gasteiger partial charge in [0.05, 0.1) is 4.88 Å². The van der Waals surface area contributed by atoms with Crippen molar-refractivity contribution in [2.75, 3.05) is 18.9 Å². The maximum absolute atomic E-state index is 13.0. The highest BCUT2D eigenvalue weighted by Crippen LogP contribution is 2.27. The molecule has 0 spiro atoms. The molecule has 1 aromatic carbocycles. The Hall–Kier alpha value is -0.940. The number of carbonyl (C=O) groups excluding carboxylic acids is 1. The van der Waals surface area contributed by atoms with Crippen LogP contribution in [0.3, 0.4) is 0 Å². The molecule has 0 atom stereocenters. The Morgan fingerprint density at radius 3 is 2.94 bits per heavy atom. The molecule has 17 heavy (non-hydrogen) atoms. The van der Waals surface area contributed by atoms with E-state index in [-0.39, 0.29) is 11.7 Å². The number of carbonyl (C=O) groups is 1. The highest BCUT2D eigenvalue weighted by Gasteiger charge is 2.14. The molecule has 0 radical (unpaired) electrons. The summed E-state index contributed by atoms with van der Waals surface area (Å²) in [5.41, 5.74) is 0. The molecule has 2 rings (SSSR count). The first kappa shape index (κ1) is 12.5. The van der Waals surface area contributed by atoms with Crippen LogP contribution in [0.1, 0.15) is 9.67 Å². The van der Waals surface area contributed by atoms with Gasteiger partial charge in [-0.1, -0.05) is 22.0 Å². The standard InChI is InChI=1S/C12H11BrFNOS/c1-15(5-4-13)12(16)11-6-8-2-3-9(14)7-10(8)17-11/h2-3,6-7H,4-5H2,1H3. The summed E-state index contributed by atoms with van der Waals surface area (Å²) in [4.78, 5) is 14.3. The molecule has 0 aliphatic carbocycles. The van der Waals surface area contributed by atoms with Crippen LogP contribution in [0.5, 0.6) is 0 Å². The molecule has 2 nitrogen and oxygen atoms in total. The van der Waals surface area contributed by atoms with Crippen LogP contribution in [0.15, 0.2) is 24.3 Å². The molecule has 0 unspecified atom stereocenters. The molecular weight excluding hydrogens is 305 g/mol. The highest BCUT2D eigenvalue weighted by atomic mass is 79.9. The van der Waals surface area contributed by atoms with Crippen molar-refractivity contribution < 1.29 is 9.18 Å². The third kappa shape index (κ3) is 2.66. The molecule has 1 aromatic heterocycles. The maximum Gasteiger partial charge on any atom is 0.263 e. The Morgan fingerprint density at radius 2 is 2.24 bits per heavy atom. The summed E-state index contributed by atoms with van der Waals surface area (Å²) in [6, 6.07) is 6.38. The molecule has 0 aliphatic rings. The Balaban J connectivity index is 2.33. The zero-order valence-corrected chi connectivity index (χ0v) is 11.6. The van der Waals surface area contributed by atoms with Crippen LogP contribution in [0.4, 0.5) is 4.39 Å². The Bertz CT molecular complexity index is 554. The van der Waals surface area contributed by atoms with Crippen molar-refractivity contribution in [3.8, 4) is 0 Å². The first-order valence-electron chi connectivity index (χ1n) is 5.12. The van der Waals surface area contributed by atoms with Crippen molar-refractivity contribution in [3.05, 3.63) is 35.0 Å². The molecule has 2 aromatic rings. The van der Waals surface area contributed by atoms with Gasteiger partial charge in [0.15, 0.2) is 0 Å². The lowest BCUT2D eigenvalue weighted by Gasteiger charge is -2.13. The van der Waals surface area contributed by atoms with E-state index < -0.39 is 0 Å². The van der Waals surface area contributed by atoms with Crippen molar-refractivity contribution in [1.82, 2.24) is 4.90 Å². The second-order valence-electron chi connectivity index (χ2n) is 3.71. The van der Waals surface area contributed by atoms with Gasteiger partial charge in [-0.15, -0.1) is 11.3 Å². The number of hydrogen-bond donors (Lipinski definition) is 0. The van der Waals surface area contributed by atoms with Gasteiger partial charge >= 0.3 is 0 Å². The van der Waals surface area contributed by atoms with Gasteiger partial charge in [0.2, 0.25) is 0 Å². The third-order valence-corrected chi connectivity index (χ3v) is 3.90. The summed E-state index contributed by atoms with van der Waals surface area (Å²) in [6.07, 6.45) is 0. The first-order valence-corrected chi connectivity index (χ1v) is 7.06. The number of alkyl halides is 1. The summed E-state index contributed by atoms with van der Waals surface area (Å²) in [5, 5.41) is 1.65. The largest absolute Gasteiger partial charge is 0.340 e. The number of halogens is 2. The quantitative estimate of drug-likeness (QED) is 0.794. The molecule has 5 heteroatoms. The average molecular weight is 316 g/mol. The first-order chi connectivity index (χ1) is 8.11. The summed E-state index contributed by atoms with van der Waals surface area (Å²) < 4.78 is 13.8. The molecule has 1 amide bonds. The van der Waals surface area contributed by atoms with E-state index in [1.807, 2.05) is 6.07 Å². The SMILES string of the molecule is CN(CCBr)C(=O)c1cc2ccc(F)cc2s1. The maximum atomic E-state index is 13.0. The molecule has 0 saturated heterocycles. The zero-order valence-electron chi connectivity index (χ0n) is 9.24. The van der Waals surface area contributed by atoms with E-state index >= 15 is 0 Å². The van der Waals surface area contributed by atoms with Crippen molar-refractivity contribution in [2.24, 2.45) is 0 Å². The number of rotatable bonds is 3. The fourth-order valence-electron chi connectivity index (χ4n) is 1.53. The van der Waals surface area contributed by atoms with Gasteiger partial charge in [-0.2, -0.15) is 0 Å². The van der Waals surface area contributed by atoms with E-state index in [1.54, 1.807) is 18.0 Å². The van der Waals surface area contributed by atoms with E-state index in [2.05, 4.69) is 15.9 Å². The number of thiophene rings is 1. The van der Waals surface area contributed by atoms with Crippen LogP contribution in [0.25, 0.3) is 10.1 Å². The minimum Gasteiger partial charge on any atom is -0.340 e. The Kier molecular flexibility index (Phi) is 3.79. The summed E-state index contributed by atoms with van der Waals surface area (Å²) >= 11 is 4.62. The number of amides is 1. The molecule has 0 bridgehead atoms. The fraction of sp³-hybridized carbons (Fsp3) is 0.250. The molecule has 1 heterocycles. The van der Waals surface area contributed by atoms with Crippen molar-refractivity contribution in [3.63, 3.8) is 0 Å². The fourth-order valence-corrected chi connectivity index (χ4v) is 3.14. The molecule has 0 fully saturated rings. The molecule has 90 valence electrons. The van der Waals surface area contributed by atoms with Crippen LogP contribution < -0.4 is 0 Å². The number of fused-ring (bicyclic) bond motifs is 1. The topological polar surface area (TPSA) is 20.3 Å². The second kappa shape index (κ2) is 5.14. The lowest BCUT2D eigenvalue weighted by molar-refractivity contribution is 0.0809. The van der Waals surface area contributed by atoms with Gasteiger partial charge in [-0.25, -0.2) is 4.39 Å². The van der Waals surface area contributed by atoms with Crippen LogP contribution in [-0.4, -0.2) is 29.7 Å². The summed E-state index contributed by atoms with van der Waals surface area (Å²) in [6.45, 7) is 0.654. The van der Waals surface area contributed by atoms with E-state index in [9.17, 15) is 9.18 Å². The van der Waals surface area contributed by atoms with Gasteiger partial charge in [0.1, 0.15) is 5.82 Å². The monoisotopic (exact) mass is 315 g/mol. The van der Waals surface area contributed by atoms with Crippen molar-refractivity contribution >= 4 is 43.3 Å². The number of benzene rings is 1. The van der Waals surface area contributed by atoms with E-state index in [1.165, 1.54) is 23.5 Å².